The Kier molecular flexibility index (Phi) is 39.0. The number of aliphatic hydroxyl groups excluding tert-OH is 1. The second-order valence-corrected chi connectivity index (χ2v) is 15.4. The van der Waals surface area contributed by atoms with Crippen LogP contribution in [0.4, 0.5) is 0 Å². The lowest BCUT2D eigenvalue weighted by Crippen LogP contribution is -2.29. The largest absolute Gasteiger partial charge is 0.472 e. The number of carbonyl (C=O) groups excluding carboxylic acids is 2. The number of aliphatic hydroxyl groups is 1. The Morgan fingerprint density at radius 2 is 1.06 bits per heavy atom. The van der Waals surface area contributed by atoms with E-state index >= 15 is 0 Å². The van der Waals surface area contributed by atoms with Crippen molar-refractivity contribution < 1.29 is 42.7 Å². The molecule has 0 bridgehead atoms. The summed E-state index contributed by atoms with van der Waals surface area (Å²) in [5.41, 5.74) is 5.34. The number of phosphoric acid groups is 1. The molecule has 2 unspecified atom stereocenters. The fourth-order valence-electron chi connectivity index (χ4n) is 5.61. The molecule has 4 N–H and O–H groups in total. The van der Waals surface area contributed by atoms with Gasteiger partial charge in [-0.15, -0.1) is 0 Å². The molecule has 54 heavy (non-hydrogen) atoms. The van der Waals surface area contributed by atoms with Crippen molar-refractivity contribution >= 4 is 19.8 Å². The molecule has 0 aliphatic heterocycles. The number of allylic oxidation sites excluding steroid dienone is 8. The van der Waals surface area contributed by atoms with E-state index in [1.807, 2.05) is 6.08 Å². The van der Waals surface area contributed by atoms with E-state index in [2.05, 4.69) is 49.5 Å². The Hall–Kier alpha value is -2.07. The molecule has 0 spiro atoms. The van der Waals surface area contributed by atoms with Crippen molar-refractivity contribution in [3.8, 4) is 0 Å². The van der Waals surface area contributed by atoms with Crippen molar-refractivity contribution in [1.82, 2.24) is 0 Å². The molecule has 0 rings (SSSR count). The Bertz CT molecular complexity index is 1030. The summed E-state index contributed by atoms with van der Waals surface area (Å²) < 4.78 is 32.7. The van der Waals surface area contributed by atoms with E-state index in [1.54, 1.807) is 0 Å². The van der Waals surface area contributed by atoms with Gasteiger partial charge in [-0.3, -0.25) is 18.6 Å². The lowest BCUT2D eigenvalue weighted by molar-refractivity contribution is -0.161. The van der Waals surface area contributed by atoms with Crippen molar-refractivity contribution in [3.05, 3.63) is 48.6 Å². The van der Waals surface area contributed by atoms with Gasteiger partial charge in [0.25, 0.3) is 0 Å². The highest BCUT2D eigenvalue weighted by molar-refractivity contribution is 7.47. The van der Waals surface area contributed by atoms with Gasteiger partial charge in [-0.25, -0.2) is 4.57 Å². The van der Waals surface area contributed by atoms with Crippen LogP contribution in [0.3, 0.4) is 0 Å². The SMILES string of the molecule is CCCCCCCCCCCCCCCCCC(=O)OCC(COP(=O)(O)OCCN)OC(=O)CCC/C=C\C/C=C\C/C=C\C/C=C\CCCCCO. The van der Waals surface area contributed by atoms with Crippen LogP contribution in [0.15, 0.2) is 48.6 Å². The number of carbonyl (C=O) groups is 2. The zero-order valence-electron chi connectivity index (χ0n) is 33.9. The first-order valence-electron chi connectivity index (χ1n) is 21.2. The zero-order valence-corrected chi connectivity index (χ0v) is 34.8. The van der Waals surface area contributed by atoms with E-state index in [9.17, 15) is 19.0 Å². The molecule has 0 saturated carbocycles. The summed E-state index contributed by atoms with van der Waals surface area (Å²) in [6.07, 6.45) is 43.0. The summed E-state index contributed by atoms with van der Waals surface area (Å²) in [4.78, 5) is 34.8. The van der Waals surface area contributed by atoms with E-state index in [4.69, 9.17) is 29.4 Å². The van der Waals surface area contributed by atoms with Crippen LogP contribution in [0.2, 0.25) is 0 Å². The third-order valence-corrected chi connectivity index (χ3v) is 9.76. The number of hydrogen-bond acceptors (Lipinski definition) is 9. The van der Waals surface area contributed by atoms with Crippen molar-refractivity contribution in [1.29, 1.82) is 0 Å². The van der Waals surface area contributed by atoms with Crippen LogP contribution in [0.25, 0.3) is 0 Å². The smallest absolute Gasteiger partial charge is 0.462 e. The molecule has 0 amide bonds. The first kappa shape index (κ1) is 51.9. The predicted molar refractivity (Wildman–Crippen MR) is 221 cm³/mol. The van der Waals surface area contributed by atoms with Gasteiger partial charge >= 0.3 is 19.8 Å². The molecular formula is C43H78NO9P. The minimum Gasteiger partial charge on any atom is -0.462 e. The molecule has 0 fully saturated rings. The number of unbranched alkanes of at least 4 members (excludes halogenated alkanes) is 18. The number of rotatable bonds is 40. The number of ether oxygens (including phenoxy) is 2. The van der Waals surface area contributed by atoms with E-state index < -0.39 is 32.5 Å². The molecule has 0 aromatic heterocycles. The topological polar surface area (TPSA) is 155 Å². The molecule has 0 saturated heterocycles. The van der Waals surface area contributed by atoms with Gasteiger partial charge in [0.2, 0.25) is 0 Å². The molecule has 0 heterocycles. The second-order valence-electron chi connectivity index (χ2n) is 13.9. The minimum atomic E-state index is -4.40. The monoisotopic (exact) mass is 784 g/mol. The molecule has 0 aromatic rings. The fraction of sp³-hybridized carbons (Fsp3) is 0.767. The van der Waals surface area contributed by atoms with Crippen LogP contribution >= 0.6 is 7.82 Å². The number of esters is 2. The maximum absolute atomic E-state index is 12.5. The summed E-state index contributed by atoms with van der Waals surface area (Å²) in [7, 11) is -4.40. The Morgan fingerprint density at radius 3 is 1.57 bits per heavy atom. The summed E-state index contributed by atoms with van der Waals surface area (Å²) in [6.45, 7) is 1.67. The van der Waals surface area contributed by atoms with E-state index in [0.717, 1.165) is 64.2 Å². The van der Waals surface area contributed by atoms with Crippen LogP contribution < -0.4 is 5.73 Å². The number of hydrogen-bond donors (Lipinski definition) is 3. The molecular weight excluding hydrogens is 705 g/mol. The first-order chi connectivity index (χ1) is 26.3. The number of nitrogens with two attached hydrogens (primary N) is 1. The van der Waals surface area contributed by atoms with Crippen molar-refractivity contribution in [2.24, 2.45) is 5.73 Å². The Labute approximate surface area is 329 Å². The van der Waals surface area contributed by atoms with Gasteiger partial charge in [-0.1, -0.05) is 152 Å². The Balaban J connectivity index is 4.25. The molecule has 11 heteroatoms. The zero-order chi connectivity index (χ0) is 39.6. The van der Waals surface area contributed by atoms with E-state index in [-0.39, 0.29) is 39.2 Å². The van der Waals surface area contributed by atoms with Crippen LogP contribution in [0.1, 0.15) is 174 Å². The summed E-state index contributed by atoms with van der Waals surface area (Å²) in [5, 5.41) is 8.79. The highest BCUT2D eigenvalue weighted by Crippen LogP contribution is 2.43. The highest BCUT2D eigenvalue weighted by Gasteiger charge is 2.25. The highest BCUT2D eigenvalue weighted by atomic mass is 31.2. The molecule has 0 radical (unpaired) electrons. The average molecular weight is 784 g/mol. The second kappa shape index (κ2) is 40.6. The quantitative estimate of drug-likeness (QED) is 0.0237. The van der Waals surface area contributed by atoms with Gasteiger partial charge in [-0.2, -0.15) is 0 Å². The summed E-state index contributed by atoms with van der Waals surface area (Å²) in [5.74, 6) is -0.906. The van der Waals surface area contributed by atoms with Crippen molar-refractivity contribution in [2.45, 2.75) is 180 Å². The Morgan fingerprint density at radius 1 is 0.593 bits per heavy atom. The lowest BCUT2D eigenvalue weighted by atomic mass is 10.0. The van der Waals surface area contributed by atoms with Gasteiger partial charge in [0.1, 0.15) is 6.61 Å². The van der Waals surface area contributed by atoms with Gasteiger partial charge in [-0.05, 0) is 57.8 Å². The molecule has 2 atom stereocenters. The maximum Gasteiger partial charge on any atom is 0.472 e. The third kappa shape index (κ3) is 39.6. The summed E-state index contributed by atoms with van der Waals surface area (Å²) in [6, 6.07) is 0. The lowest BCUT2D eigenvalue weighted by Gasteiger charge is -2.19. The van der Waals surface area contributed by atoms with E-state index in [0.29, 0.717) is 12.8 Å². The first-order valence-corrected chi connectivity index (χ1v) is 22.7. The van der Waals surface area contributed by atoms with Crippen LogP contribution in [0, 0.1) is 0 Å². The molecule has 0 aliphatic carbocycles. The maximum atomic E-state index is 12.5. The minimum absolute atomic E-state index is 0.0396. The molecule has 0 aromatic carbocycles. The molecule has 10 nitrogen and oxygen atoms in total. The van der Waals surface area contributed by atoms with Gasteiger partial charge < -0.3 is 25.2 Å². The van der Waals surface area contributed by atoms with Gasteiger partial charge in [0.05, 0.1) is 13.2 Å². The van der Waals surface area contributed by atoms with Gasteiger partial charge in [0, 0.05) is 26.0 Å². The van der Waals surface area contributed by atoms with Crippen molar-refractivity contribution in [3.63, 3.8) is 0 Å². The third-order valence-electron chi connectivity index (χ3n) is 8.77. The van der Waals surface area contributed by atoms with Crippen molar-refractivity contribution in [2.75, 3.05) is 33.0 Å². The van der Waals surface area contributed by atoms with Crippen LogP contribution in [-0.4, -0.2) is 61.0 Å². The normalized spacial score (nSPS) is 13.8. The fourth-order valence-corrected chi connectivity index (χ4v) is 6.37. The van der Waals surface area contributed by atoms with Gasteiger partial charge in [0.15, 0.2) is 6.10 Å². The number of phosphoric ester groups is 1. The summed E-state index contributed by atoms with van der Waals surface area (Å²) >= 11 is 0. The van der Waals surface area contributed by atoms with Crippen LogP contribution in [0.5, 0.6) is 0 Å². The van der Waals surface area contributed by atoms with Crippen LogP contribution in [-0.2, 0) is 32.7 Å². The molecule has 314 valence electrons. The molecule has 0 aliphatic rings. The average Bonchev–Trinajstić information content (AvgIpc) is 3.16. The predicted octanol–water partition coefficient (Wildman–Crippen LogP) is 10.9. The standard InChI is InChI=1S/C43H78NO9P/c1-2-3-4-5-6-7-8-9-13-16-19-22-25-28-31-34-42(46)50-39-41(40-52-54(48,49)51-38-36-44)53-43(47)35-32-29-26-23-20-17-14-11-10-12-15-18-21-24-27-30-33-37-45/h10,12,14,17-18,21,23,26,41,45H,2-9,11,13,15-16,19-20,22,24-25,27-40,44H2,1H3,(H,48,49)/b12-10-,17-14-,21-18-,26-23-. The van der Waals surface area contributed by atoms with E-state index in [1.165, 1.54) is 77.0 Å².